The number of rotatable bonds is 5. The van der Waals surface area contributed by atoms with Crippen molar-refractivity contribution in [2.45, 2.75) is 25.6 Å². The first-order valence-corrected chi connectivity index (χ1v) is 8.63. The van der Waals surface area contributed by atoms with Gasteiger partial charge < -0.3 is 20.1 Å². The number of anilines is 2. The van der Waals surface area contributed by atoms with Gasteiger partial charge in [0, 0.05) is 0 Å². The van der Waals surface area contributed by atoms with Crippen molar-refractivity contribution >= 4 is 40.8 Å². The van der Waals surface area contributed by atoms with Crippen LogP contribution >= 0.6 is 11.6 Å². The monoisotopic (exact) mass is 388 g/mol. The van der Waals surface area contributed by atoms with Crippen LogP contribution in [0.2, 0.25) is 5.02 Å². The summed E-state index contributed by atoms with van der Waals surface area (Å²) >= 11 is 5.98. The van der Waals surface area contributed by atoms with Crippen LogP contribution in [0.5, 0.6) is 5.75 Å². The van der Waals surface area contributed by atoms with Crippen LogP contribution in [0.25, 0.3) is 0 Å². The number of fused-ring (bicyclic) bond motifs is 1. The summed E-state index contributed by atoms with van der Waals surface area (Å²) in [5.41, 5.74) is 0.957. The molecular weight excluding hydrogens is 372 g/mol. The lowest BCUT2D eigenvalue weighted by Crippen LogP contribution is -2.40. The van der Waals surface area contributed by atoms with Crippen molar-refractivity contribution in [2.24, 2.45) is 0 Å². The van der Waals surface area contributed by atoms with Crippen LogP contribution < -0.4 is 15.4 Å². The van der Waals surface area contributed by atoms with Crippen LogP contribution in [-0.2, 0) is 19.1 Å². The highest BCUT2D eigenvalue weighted by Crippen LogP contribution is 2.29. The van der Waals surface area contributed by atoms with E-state index in [9.17, 15) is 14.4 Å². The molecule has 0 fully saturated rings. The number of esters is 1. The van der Waals surface area contributed by atoms with Crippen molar-refractivity contribution in [3.05, 3.63) is 53.6 Å². The van der Waals surface area contributed by atoms with Gasteiger partial charge >= 0.3 is 5.97 Å². The molecule has 27 heavy (non-hydrogen) atoms. The molecular formula is C19H17ClN2O5. The maximum Gasteiger partial charge on any atom is 0.310 e. The zero-order valence-electron chi connectivity index (χ0n) is 14.4. The summed E-state index contributed by atoms with van der Waals surface area (Å²) in [6.45, 7) is 1.43. The Morgan fingerprint density at radius 2 is 1.93 bits per heavy atom. The van der Waals surface area contributed by atoms with Crippen molar-refractivity contribution in [1.29, 1.82) is 0 Å². The van der Waals surface area contributed by atoms with Crippen molar-refractivity contribution in [1.82, 2.24) is 0 Å². The molecule has 0 saturated carbocycles. The maximum absolute atomic E-state index is 12.2. The second kappa shape index (κ2) is 8.09. The van der Waals surface area contributed by atoms with Crippen molar-refractivity contribution in [2.75, 3.05) is 10.6 Å². The van der Waals surface area contributed by atoms with Crippen molar-refractivity contribution in [3.63, 3.8) is 0 Å². The van der Waals surface area contributed by atoms with E-state index in [0.29, 0.717) is 22.1 Å². The number of halogens is 1. The Balaban J connectivity index is 1.55. The number of amides is 2. The Morgan fingerprint density at radius 3 is 2.70 bits per heavy atom. The van der Waals surface area contributed by atoms with E-state index in [1.807, 2.05) is 0 Å². The number of hydrogen-bond donors (Lipinski definition) is 2. The lowest BCUT2D eigenvalue weighted by molar-refractivity contribution is -0.155. The number of nitrogens with one attached hydrogen (secondary N) is 2. The fourth-order valence-corrected chi connectivity index (χ4v) is 2.66. The minimum Gasteiger partial charge on any atom is -0.478 e. The molecule has 1 aliphatic heterocycles. The lowest BCUT2D eigenvalue weighted by Gasteiger charge is -2.25. The normalized spacial score (nSPS) is 16.4. The molecule has 3 rings (SSSR count). The van der Waals surface area contributed by atoms with E-state index in [4.69, 9.17) is 21.1 Å². The first-order chi connectivity index (χ1) is 12.9. The summed E-state index contributed by atoms with van der Waals surface area (Å²) < 4.78 is 10.6. The average Bonchev–Trinajstić information content (AvgIpc) is 2.64. The summed E-state index contributed by atoms with van der Waals surface area (Å²) in [6.07, 6.45) is -2.40. The smallest absolute Gasteiger partial charge is 0.310 e. The average molecular weight is 389 g/mol. The molecule has 2 aromatic carbocycles. The van der Waals surface area contributed by atoms with Gasteiger partial charge in [0.1, 0.15) is 5.75 Å². The number of benzene rings is 2. The Morgan fingerprint density at radius 1 is 1.22 bits per heavy atom. The van der Waals surface area contributed by atoms with Gasteiger partial charge in [-0.2, -0.15) is 0 Å². The van der Waals surface area contributed by atoms with E-state index in [-0.39, 0.29) is 6.42 Å². The molecule has 0 aromatic heterocycles. The molecule has 1 heterocycles. The highest BCUT2D eigenvalue weighted by Gasteiger charge is 2.31. The van der Waals surface area contributed by atoms with Crippen molar-refractivity contribution in [3.8, 4) is 5.75 Å². The molecule has 7 nitrogen and oxygen atoms in total. The maximum atomic E-state index is 12.2. The number of hydrogen-bond acceptors (Lipinski definition) is 5. The zero-order chi connectivity index (χ0) is 19.4. The zero-order valence-corrected chi connectivity index (χ0v) is 15.2. The van der Waals surface area contributed by atoms with E-state index < -0.39 is 30.0 Å². The number of carbonyl (C=O) groups excluding carboxylic acids is 3. The molecule has 0 bridgehead atoms. The molecule has 2 N–H and O–H groups in total. The van der Waals surface area contributed by atoms with Crippen LogP contribution in [0.15, 0.2) is 48.5 Å². The first kappa shape index (κ1) is 18.7. The SMILES string of the molecule is C[C@H](OC(=O)C[C@@H]1Oc2ccccc2NC1=O)C(=O)Nc1ccccc1Cl. The third-order valence-electron chi connectivity index (χ3n) is 3.87. The number of carbonyl (C=O) groups is 3. The van der Waals surface area contributed by atoms with Crippen LogP contribution in [-0.4, -0.2) is 30.0 Å². The standard InChI is InChI=1S/C19H17ClN2O5/c1-11(18(24)21-13-7-3-2-6-12(13)20)26-17(23)10-16-19(25)22-14-8-4-5-9-15(14)27-16/h2-9,11,16H,10H2,1H3,(H,21,24)(H,22,25)/t11-,16-/m0/s1. The Labute approximate surface area is 160 Å². The summed E-state index contributed by atoms with van der Waals surface area (Å²) in [5.74, 6) is -1.23. The molecule has 0 spiro atoms. The number of para-hydroxylation sites is 3. The van der Waals surface area contributed by atoms with Crippen LogP contribution in [0.4, 0.5) is 11.4 Å². The van der Waals surface area contributed by atoms with Crippen LogP contribution in [0, 0.1) is 0 Å². The van der Waals surface area contributed by atoms with E-state index in [0.717, 1.165) is 0 Å². The largest absolute Gasteiger partial charge is 0.478 e. The lowest BCUT2D eigenvalue weighted by atomic mass is 10.1. The fraction of sp³-hybridized carbons (Fsp3) is 0.211. The van der Waals surface area contributed by atoms with Gasteiger partial charge in [0.15, 0.2) is 12.2 Å². The highest BCUT2D eigenvalue weighted by molar-refractivity contribution is 6.33. The summed E-state index contributed by atoms with van der Waals surface area (Å²) in [7, 11) is 0. The third-order valence-corrected chi connectivity index (χ3v) is 4.20. The van der Waals surface area contributed by atoms with Crippen molar-refractivity contribution < 1.29 is 23.9 Å². The minimum atomic E-state index is -1.06. The summed E-state index contributed by atoms with van der Waals surface area (Å²) in [5, 5.41) is 5.62. The predicted octanol–water partition coefficient (Wildman–Crippen LogP) is 3.00. The van der Waals surface area contributed by atoms with Gasteiger partial charge in [-0.1, -0.05) is 35.9 Å². The first-order valence-electron chi connectivity index (χ1n) is 8.25. The van der Waals surface area contributed by atoms with Gasteiger partial charge in [-0.15, -0.1) is 0 Å². The van der Waals surface area contributed by atoms with Gasteiger partial charge in [-0.25, -0.2) is 0 Å². The van der Waals surface area contributed by atoms with E-state index in [2.05, 4.69) is 10.6 Å². The molecule has 1 aliphatic rings. The second-order valence-electron chi connectivity index (χ2n) is 5.90. The minimum absolute atomic E-state index is 0.316. The van der Waals surface area contributed by atoms with E-state index >= 15 is 0 Å². The molecule has 0 saturated heterocycles. The molecule has 2 amide bonds. The topological polar surface area (TPSA) is 93.7 Å². The van der Waals surface area contributed by atoms with Gasteiger partial charge in [0.25, 0.3) is 11.8 Å². The molecule has 2 atom stereocenters. The molecule has 0 unspecified atom stereocenters. The van der Waals surface area contributed by atoms with Gasteiger partial charge in [0.05, 0.1) is 22.8 Å². The van der Waals surface area contributed by atoms with Gasteiger partial charge in [0.2, 0.25) is 0 Å². The van der Waals surface area contributed by atoms with E-state index in [1.165, 1.54) is 6.92 Å². The molecule has 8 heteroatoms. The van der Waals surface area contributed by atoms with E-state index in [1.54, 1.807) is 48.5 Å². The van der Waals surface area contributed by atoms with Crippen LogP contribution in [0.1, 0.15) is 13.3 Å². The predicted molar refractivity (Wildman–Crippen MR) is 99.7 cm³/mol. The Kier molecular flexibility index (Phi) is 5.61. The summed E-state index contributed by atoms with van der Waals surface area (Å²) in [6, 6.07) is 13.6. The quantitative estimate of drug-likeness (QED) is 0.768. The Hall–Kier alpha value is -3.06. The third kappa shape index (κ3) is 4.57. The highest BCUT2D eigenvalue weighted by atomic mass is 35.5. The Bertz CT molecular complexity index is 886. The van der Waals surface area contributed by atoms with Gasteiger partial charge in [-0.3, -0.25) is 14.4 Å². The summed E-state index contributed by atoms with van der Waals surface area (Å²) in [4.78, 5) is 36.3. The van der Waals surface area contributed by atoms with Crippen LogP contribution in [0.3, 0.4) is 0 Å². The molecule has 140 valence electrons. The molecule has 0 radical (unpaired) electrons. The van der Waals surface area contributed by atoms with Gasteiger partial charge in [-0.05, 0) is 31.2 Å². The fourth-order valence-electron chi connectivity index (χ4n) is 2.47. The molecule has 2 aromatic rings. The number of ether oxygens (including phenoxy) is 2. The molecule has 0 aliphatic carbocycles. The second-order valence-corrected chi connectivity index (χ2v) is 6.30.